The summed E-state index contributed by atoms with van der Waals surface area (Å²) in [7, 11) is 0. The van der Waals surface area contributed by atoms with Crippen molar-refractivity contribution in [3.63, 3.8) is 0 Å². The van der Waals surface area contributed by atoms with E-state index in [0.717, 1.165) is 30.7 Å². The van der Waals surface area contributed by atoms with Gasteiger partial charge in [0, 0.05) is 13.1 Å². The van der Waals surface area contributed by atoms with Crippen molar-refractivity contribution in [3.05, 3.63) is 23.9 Å². The molecule has 4 heteroatoms. The standard InChI is InChI=1S/C14H21N3S/c1-10(2)11-6-8-17(9-7-11)13-5-3-4-12(16-13)14(15)18/h3-5,10-11H,6-9H2,1-2H3,(H2,15,18). The molecule has 1 fully saturated rings. The molecule has 0 atom stereocenters. The minimum absolute atomic E-state index is 0.369. The Kier molecular flexibility index (Phi) is 4.17. The highest BCUT2D eigenvalue weighted by Crippen LogP contribution is 2.26. The molecule has 1 saturated heterocycles. The largest absolute Gasteiger partial charge is 0.388 e. The summed E-state index contributed by atoms with van der Waals surface area (Å²) in [6, 6.07) is 5.88. The Morgan fingerprint density at radius 3 is 2.61 bits per heavy atom. The molecule has 0 aromatic carbocycles. The van der Waals surface area contributed by atoms with Crippen molar-refractivity contribution in [2.75, 3.05) is 18.0 Å². The molecule has 0 spiro atoms. The number of rotatable bonds is 3. The fourth-order valence-corrected chi connectivity index (χ4v) is 2.65. The van der Waals surface area contributed by atoms with Crippen LogP contribution in [0.15, 0.2) is 18.2 Å². The molecular weight excluding hydrogens is 242 g/mol. The van der Waals surface area contributed by atoms with Crippen molar-refractivity contribution in [1.82, 2.24) is 4.98 Å². The molecule has 98 valence electrons. The lowest BCUT2D eigenvalue weighted by Crippen LogP contribution is -2.36. The van der Waals surface area contributed by atoms with Crippen molar-refractivity contribution in [2.45, 2.75) is 26.7 Å². The molecule has 1 aromatic rings. The molecule has 1 aliphatic heterocycles. The van der Waals surface area contributed by atoms with Crippen LogP contribution in [0.4, 0.5) is 5.82 Å². The molecule has 1 aromatic heterocycles. The molecule has 1 aliphatic rings. The average molecular weight is 263 g/mol. The van der Waals surface area contributed by atoms with Crippen molar-refractivity contribution in [1.29, 1.82) is 0 Å². The third kappa shape index (κ3) is 2.99. The summed E-state index contributed by atoms with van der Waals surface area (Å²) in [4.78, 5) is 7.23. The van der Waals surface area contributed by atoms with Crippen LogP contribution in [-0.2, 0) is 0 Å². The normalized spacial score (nSPS) is 17.2. The molecule has 3 nitrogen and oxygen atoms in total. The van der Waals surface area contributed by atoms with E-state index < -0.39 is 0 Å². The molecule has 0 aliphatic carbocycles. The average Bonchev–Trinajstić information content (AvgIpc) is 2.39. The lowest BCUT2D eigenvalue weighted by Gasteiger charge is -2.34. The maximum atomic E-state index is 5.62. The van der Waals surface area contributed by atoms with Gasteiger partial charge in [0.15, 0.2) is 0 Å². The van der Waals surface area contributed by atoms with Gasteiger partial charge in [0.1, 0.15) is 10.8 Å². The second kappa shape index (κ2) is 5.65. The number of aromatic nitrogens is 1. The summed E-state index contributed by atoms with van der Waals surface area (Å²) in [5.41, 5.74) is 6.34. The molecule has 0 unspecified atom stereocenters. The van der Waals surface area contributed by atoms with E-state index in [1.54, 1.807) is 0 Å². The van der Waals surface area contributed by atoms with E-state index in [4.69, 9.17) is 18.0 Å². The van der Waals surface area contributed by atoms with Crippen LogP contribution >= 0.6 is 12.2 Å². The topological polar surface area (TPSA) is 42.1 Å². The first-order chi connectivity index (χ1) is 8.58. The number of piperidine rings is 1. The highest BCUT2D eigenvalue weighted by atomic mass is 32.1. The summed E-state index contributed by atoms with van der Waals surface area (Å²) < 4.78 is 0. The van der Waals surface area contributed by atoms with Crippen LogP contribution in [0.25, 0.3) is 0 Å². The highest BCUT2D eigenvalue weighted by Gasteiger charge is 2.22. The summed E-state index contributed by atoms with van der Waals surface area (Å²) in [5.74, 6) is 2.63. The third-order valence-corrected chi connectivity index (χ3v) is 4.00. The van der Waals surface area contributed by atoms with E-state index in [2.05, 4.69) is 23.7 Å². The molecule has 2 N–H and O–H groups in total. The minimum atomic E-state index is 0.369. The predicted molar refractivity (Wildman–Crippen MR) is 79.9 cm³/mol. The van der Waals surface area contributed by atoms with Gasteiger partial charge in [-0.2, -0.15) is 0 Å². The first-order valence-corrected chi connectivity index (χ1v) is 7.00. The smallest absolute Gasteiger partial charge is 0.129 e. The first-order valence-electron chi connectivity index (χ1n) is 6.59. The van der Waals surface area contributed by atoms with Crippen LogP contribution in [0.5, 0.6) is 0 Å². The molecule has 18 heavy (non-hydrogen) atoms. The highest BCUT2D eigenvalue weighted by molar-refractivity contribution is 7.80. The molecule has 0 radical (unpaired) electrons. The molecule has 0 amide bonds. The number of hydrogen-bond acceptors (Lipinski definition) is 3. The zero-order valence-corrected chi connectivity index (χ0v) is 11.9. The Bertz CT molecular complexity index is 423. The zero-order chi connectivity index (χ0) is 13.1. The van der Waals surface area contributed by atoms with E-state index in [1.807, 2.05) is 18.2 Å². The van der Waals surface area contributed by atoms with E-state index in [1.165, 1.54) is 12.8 Å². The molecular formula is C14H21N3S. The number of pyridine rings is 1. The number of hydrogen-bond donors (Lipinski definition) is 1. The Morgan fingerprint density at radius 2 is 2.06 bits per heavy atom. The van der Waals surface area contributed by atoms with Crippen LogP contribution in [0.3, 0.4) is 0 Å². The molecule has 2 heterocycles. The fraction of sp³-hybridized carbons (Fsp3) is 0.571. The number of anilines is 1. The van der Waals surface area contributed by atoms with Gasteiger partial charge in [-0.05, 0) is 36.8 Å². The van der Waals surface area contributed by atoms with E-state index >= 15 is 0 Å². The van der Waals surface area contributed by atoms with Crippen LogP contribution in [0, 0.1) is 11.8 Å². The monoisotopic (exact) mass is 263 g/mol. The van der Waals surface area contributed by atoms with Crippen LogP contribution in [-0.4, -0.2) is 23.1 Å². The van der Waals surface area contributed by atoms with Gasteiger partial charge in [0.05, 0.1) is 5.69 Å². The van der Waals surface area contributed by atoms with Gasteiger partial charge >= 0.3 is 0 Å². The second-order valence-electron chi connectivity index (χ2n) is 5.31. The number of nitrogens with two attached hydrogens (primary N) is 1. The van der Waals surface area contributed by atoms with E-state index in [0.29, 0.717) is 10.7 Å². The van der Waals surface area contributed by atoms with Gasteiger partial charge in [-0.25, -0.2) is 4.98 Å². The van der Waals surface area contributed by atoms with E-state index in [9.17, 15) is 0 Å². The van der Waals surface area contributed by atoms with Crippen molar-refractivity contribution in [2.24, 2.45) is 17.6 Å². The van der Waals surface area contributed by atoms with Crippen molar-refractivity contribution in [3.8, 4) is 0 Å². The third-order valence-electron chi connectivity index (χ3n) is 3.79. The molecule has 0 bridgehead atoms. The summed E-state index contributed by atoms with van der Waals surface area (Å²) in [6.45, 7) is 6.78. The van der Waals surface area contributed by atoms with Crippen LogP contribution < -0.4 is 10.6 Å². The number of nitrogens with zero attached hydrogens (tertiary/aromatic N) is 2. The van der Waals surface area contributed by atoms with Gasteiger partial charge in [0.25, 0.3) is 0 Å². The minimum Gasteiger partial charge on any atom is -0.388 e. The van der Waals surface area contributed by atoms with Crippen molar-refractivity contribution < 1.29 is 0 Å². The lowest BCUT2D eigenvalue weighted by molar-refractivity contribution is 0.310. The second-order valence-corrected chi connectivity index (χ2v) is 5.75. The quantitative estimate of drug-likeness (QED) is 0.851. The Balaban J connectivity index is 2.05. The Labute approximate surface area is 114 Å². The van der Waals surface area contributed by atoms with E-state index in [-0.39, 0.29) is 0 Å². The van der Waals surface area contributed by atoms with Gasteiger partial charge in [-0.3, -0.25) is 0 Å². The van der Waals surface area contributed by atoms with Crippen LogP contribution in [0.1, 0.15) is 32.4 Å². The Morgan fingerprint density at radius 1 is 1.39 bits per heavy atom. The Hall–Kier alpha value is -1.16. The summed E-state index contributed by atoms with van der Waals surface area (Å²) in [6.07, 6.45) is 2.49. The van der Waals surface area contributed by atoms with Gasteiger partial charge < -0.3 is 10.6 Å². The SMILES string of the molecule is CC(C)C1CCN(c2cccc(C(N)=S)n2)CC1. The predicted octanol–water partition coefficient (Wildman–Crippen LogP) is 2.59. The van der Waals surface area contributed by atoms with Gasteiger partial charge in [-0.1, -0.05) is 32.1 Å². The number of thiocarbonyl (C=S) groups is 1. The van der Waals surface area contributed by atoms with Crippen LogP contribution in [0.2, 0.25) is 0 Å². The molecule has 0 saturated carbocycles. The van der Waals surface area contributed by atoms with Crippen molar-refractivity contribution >= 4 is 23.0 Å². The zero-order valence-electron chi connectivity index (χ0n) is 11.1. The van der Waals surface area contributed by atoms with Gasteiger partial charge in [-0.15, -0.1) is 0 Å². The maximum absolute atomic E-state index is 5.62. The molecule has 2 rings (SSSR count). The fourth-order valence-electron chi connectivity index (χ4n) is 2.53. The first kappa shape index (κ1) is 13.3. The maximum Gasteiger partial charge on any atom is 0.129 e. The summed E-state index contributed by atoms with van der Waals surface area (Å²) >= 11 is 4.97. The summed E-state index contributed by atoms with van der Waals surface area (Å²) in [5, 5.41) is 0. The van der Waals surface area contributed by atoms with Gasteiger partial charge in [0.2, 0.25) is 0 Å². The lowest BCUT2D eigenvalue weighted by atomic mass is 9.87.